The second-order valence-electron chi connectivity index (χ2n) is 8.84. The molecular formula is C25H27N3O5S. The van der Waals surface area contributed by atoms with Crippen molar-refractivity contribution in [2.45, 2.75) is 26.2 Å². The number of carbonyl (C=O) groups excluding carboxylic acids is 1. The predicted octanol–water partition coefficient (Wildman–Crippen LogP) is 4.06. The first-order valence-corrected chi connectivity index (χ1v) is 12.4. The van der Waals surface area contributed by atoms with Gasteiger partial charge >= 0.3 is 5.97 Å². The molecule has 1 aromatic carbocycles. The van der Waals surface area contributed by atoms with Gasteiger partial charge in [0.2, 0.25) is 10.0 Å². The Balaban J connectivity index is 2.09. The average molecular weight is 482 g/mol. The van der Waals surface area contributed by atoms with Gasteiger partial charge in [-0.2, -0.15) is 0 Å². The van der Waals surface area contributed by atoms with Gasteiger partial charge in [0.25, 0.3) is 5.56 Å². The number of methoxy groups -OCH3 is 1. The van der Waals surface area contributed by atoms with E-state index in [2.05, 4.69) is 9.71 Å². The van der Waals surface area contributed by atoms with Crippen molar-refractivity contribution in [2.75, 3.05) is 18.1 Å². The molecule has 2 aromatic heterocycles. The van der Waals surface area contributed by atoms with Gasteiger partial charge in [-0.3, -0.25) is 14.5 Å². The van der Waals surface area contributed by atoms with Gasteiger partial charge in [0.1, 0.15) is 0 Å². The van der Waals surface area contributed by atoms with E-state index >= 15 is 0 Å². The van der Waals surface area contributed by atoms with Gasteiger partial charge in [-0.15, -0.1) is 0 Å². The fourth-order valence-electron chi connectivity index (χ4n) is 3.25. The van der Waals surface area contributed by atoms with E-state index < -0.39 is 16.0 Å². The molecule has 0 aliphatic rings. The number of carbonyl (C=O) groups is 1. The van der Waals surface area contributed by atoms with Gasteiger partial charge in [-0.1, -0.05) is 39.0 Å². The zero-order valence-corrected chi connectivity index (χ0v) is 20.5. The van der Waals surface area contributed by atoms with Crippen molar-refractivity contribution in [3.63, 3.8) is 0 Å². The van der Waals surface area contributed by atoms with E-state index in [1.807, 2.05) is 32.9 Å². The number of aromatic amines is 1. The van der Waals surface area contributed by atoms with Crippen molar-refractivity contribution in [2.24, 2.45) is 0 Å². The highest BCUT2D eigenvalue weighted by atomic mass is 32.2. The van der Waals surface area contributed by atoms with Crippen molar-refractivity contribution in [1.29, 1.82) is 0 Å². The van der Waals surface area contributed by atoms with Crippen LogP contribution in [0.5, 0.6) is 0 Å². The van der Waals surface area contributed by atoms with Gasteiger partial charge in [-0.05, 0) is 47.5 Å². The molecule has 2 heterocycles. The van der Waals surface area contributed by atoms with Crippen molar-refractivity contribution < 1.29 is 17.9 Å². The summed E-state index contributed by atoms with van der Waals surface area (Å²) in [4.78, 5) is 32.1. The summed E-state index contributed by atoms with van der Waals surface area (Å²) in [6.07, 6.45) is 6.14. The Morgan fingerprint density at radius 3 is 2.47 bits per heavy atom. The van der Waals surface area contributed by atoms with Crippen LogP contribution in [0.15, 0.2) is 53.5 Å². The number of hydrogen-bond acceptors (Lipinski definition) is 6. The van der Waals surface area contributed by atoms with Crippen LogP contribution in [-0.2, 0) is 20.2 Å². The maximum absolute atomic E-state index is 12.3. The number of hydrogen-bond donors (Lipinski definition) is 2. The number of H-pyrrole nitrogens is 1. The molecule has 178 valence electrons. The normalized spacial score (nSPS) is 12.0. The number of anilines is 1. The van der Waals surface area contributed by atoms with E-state index in [9.17, 15) is 18.0 Å². The largest absolute Gasteiger partial charge is 0.465 e. The van der Waals surface area contributed by atoms with Gasteiger partial charge in [0, 0.05) is 23.0 Å². The minimum Gasteiger partial charge on any atom is -0.465 e. The fourth-order valence-corrected chi connectivity index (χ4v) is 3.80. The van der Waals surface area contributed by atoms with Crippen LogP contribution in [0.1, 0.15) is 48.0 Å². The molecule has 34 heavy (non-hydrogen) atoms. The standard InChI is InChI=1S/C25H27N3O5S/c1-25(2,3)22-14-16(13-21(27-22)19-7-6-12-26-23(19)29)8-9-17-10-11-18(28-34(5,31)32)15-20(17)24(30)33-4/h6-15,28H,1-5H3,(H,26,29). The summed E-state index contributed by atoms with van der Waals surface area (Å²) in [7, 11) is -2.24. The molecule has 0 atom stereocenters. The lowest BCUT2D eigenvalue weighted by molar-refractivity contribution is 0.0600. The zero-order chi connectivity index (χ0) is 25.1. The second-order valence-corrected chi connectivity index (χ2v) is 10.6. The third-order valence-corrected chi connectivity index (χ3v) is 5.53. The maximum Gasteiger partial charge on any atom is 0.338 e. The summed E-state index contributed by atoms with van der Waals surface area (Å²) in [5, 5.41) is 0. The van der Waals surface area contributed by atoms with Crippen molar-refractivity contribution in [3.05, 3.63) is 81.4 Å². The number of rotatable bonds is 6. The molecule has 9 heteroatoms. The van der Waals surface area contributed by atoms with Gasteiger partial charge in [0.15, 0.2) is 0 Å². The first-order valence-electron chi connectivity index (χ1n) is 10.5. The van der Waals surface area contributed by atoms with Gasteiger partial charge < -0.3 is 9.72 Å². The lowest BCUT2D eigenvalue weighted by atomic mass is 9.90. The molecule has 0 aliphatic carbocycles. The first-order chi connectivity index (χ1) is 15.9. The van der Waals surface area contributed by atoms with E-state index in [0.29, 0.717) is 16.8 Å². The smallest absolute Gasteiger partial charge is 0.338 e. The second kappa shape index (κ2) is 9.64. The number of ether oxygens (including phenoxy) is 1. The summed E-state index contributed by atoms with van der Waals surface area (Å²) in [6.45, 7) is 6.10. The summed E-state index contributed by atoms with van der Waals surface area (Å²) < 4.78 is 30.3. The number of benzene rings is 1. The Bertz CT molecular complexity index is 1420. The molecule has 3 rings (SSSR count). The average Bonchev–Trinajstić information content (AvgIpc) is 2.76. The molecule has 0 bridgehead atoms. The van der Waals surface area contributed by atoms with Crippen molar-refractivity contribution >= 4 is 33.8 Å². The van der Waals surface area contributed by atoms with Crippen LogP contribution in [0.3, 0.4) is 0 Å². The van der Waals surface area contributed by atoms with E-state index in [-0.39, 0.29) is 22.2 Å². The molecule has 3 aromatic rings. The van der Waals surface area contributed by atoms with Crippen LogP contribution in [0.4, 0.5) is 5.69 Å². The van der Waals surface area contributed by atoms with Crippen LogP contribution in [0.25, 0.3) is 23.4 Å². The summed E-state index contributed by atoms with van der Waals surface area (Å²) in [6, 6.07) is 11.8. The lowest BCUT2D eigenvalue weighted by Crippen LogP contribution is -2.15. The predicted molar refractivity (Wildman–Crippen MR) is 134 cm³/mol. The Hall–Kier alpha value is -3.72. The molecule has 0 spiro atoms. The van der Waals surface area contributed by atoms with E-state index in [1.54, 1.807) is 42.6 Å². The maximum atomic E-state index is 12.3. The third kappa shape index (κ3) is 6.20. The van der Waals surface area contributed by atoms with E-state index in [4.69, 9.17) is 9.72 Å². The Kier molecular flexibility index (Phi) is 7.07. The summed E-state index contributed by atoms with van der Waals surface area (Å²) in [5.41, 5.74) is 3.07. The number of aromatic nitrogens is 2. The number of sulfonamides is 1. The quantitative estimate of drug-likeness (QED) is 0.513. The van der Waals surface area contributed by atoms with E-state index in [1.165, 1.54) is 13.2 Å². The van der Waals surface area contributed by atoms with Crippen LogP contribution >= 0.6 is 0 Å². The monoisotopic (exact) mass is 481 g/mol. The van der Waals surface area contributed by atoms with Crippen LogP contribution < -0.4 is 10.3 Å². The third-order valence-electron chi connectivity index (χ3n) is 4.93. The SMILES string of the molecule is COC(=O)c1cc(NS(C)(=O)=O)ccc1C=Cc1cc(-c2ccc[nH]c2=O)nc(C(C)(C)C)c1. The molecule has 0 fully saturated rings. The molecule has 0 saturated carbocycles. The Labute approximate surface area is 198 Å². The first kappa shape index (κ1) is 24.9. The van der Waals surface area contributed by atoms with Gasteiger partial charge in [0.05, 0.1) is 30.2 Å². The van der Waals surface area contributed by atoms with Gasteiger partial charge in [-0.25, -0.2) is 13.2 Å². The Morgan fingerprint density at radius 2 is 1.85 bits per heavy atom. The Morgan fingerprint density at radius 1 is 1.12 bits per heavy atom. The lowest BCUT2D eigenvalue weighted by Gasteiger charge is -2.19. The molecule has 0 unspecified atom stereocenters. The minimum atomic E-state index is -3.50. The molecule has 8 nitrogen and oxygen atoms in total. The highest BCUT2D eigenvalue weighted by molar-refractivity contribution is 7.92. The number of pyridine rings is 2. The fraction of sp³-hybridized carbons (Fsp3) is 0.240. The summed E-state index contributed by atoms with van der Waals surface area (Å²) >= 11 is 0. The highest BCUT2D eigenvalue weighted by Crippen LogP contribution is 2.26. The number of nitrogens with zero attached hydrogens (tertiary/aromatic N) is 1. The zero-order valence-electron chi connectivity index (χ0n) is 19.7. The number of esters is 1. The van der Waals surface area contributed by atoms with Crippen molar-refractivity contribution in [1.82, 2.24) is 9.97 Å². The molecule has 0 aliphatic heterocycles. The number of nitrogens with one attached hydrogen (secondary N) is 2. The summed E-state index contributed by atoms with van der Waals surface area (Å²) in [5.74, 6) is -0.599. The minimum absolute atomic E-state index is 0.206. The molecule has 0 amide bonds. The molecule has 0 saturated heterocycles. The topological polar surface area (TPSA) is 118 Å². The highest BCUT2D eigenvalue weighted by Gasteiger charge is 2.18. The van der Waals surface area contributed by atoms with Crippen molar-refractivity contribution in [3.8, 4) is 11.3 Å². The van der Waals surface area contributed by atoms with Crippen LogP contribution in [0.2, 0.25) is 0 Å². The van der Waals surface area contributed by atoms with Crippen LogP contribution in [0, 0.1) is 0 Å². The molecule has 2 N–H and O–H groups in total. The molecular weight excluding hydrogens is 454 g/mol. The van der Waals surface area contributed by atoms with Crippen LogP contribution in [-0.4, -0.2) is 37.7 Å². The molecule has 0 radical (unpaired) electrons. The van der Waals surface area contributed by atoms with E-state index in [0.717, 1.165) is 17.5 Å².